The smallest absolute Gasteiger partial charge is 0.344 e. The molecule has 1 atom stereocenters. The molecule has 1 aromatic rings. The number of likely N-dealkylation sites (N-methyl/N-ethyl adjacent to an activating group) is 1. The van der Waals surface area contributed by atoms with Crippen molar-refractivity contribution in [2.45, 2.75) is 25.0 Å². The number of hydrogen-bond acceptors (Lipinski definition) is 5. The molecule has 2 N–H and O–H groups in total. The first-order valence-electron chi connectivity index (χ1n) is 5.99. The summed E-state index contributed by atoms with van der Waals surface area (Å²) in [6, 6.07) is -0.0439. The van der Waals surface area contributed by atoms with Crippen LogP contribution in [0.15, 0.2) is 9.95 Å². The normalized spacial score (nSPS) is 13.2. The molecule has 1 heterocycles. The molecule has 19 heavy (non-hydrogen) atoms. The Labute approximate surface area is 116 Å². The van der Waals surface area contributed by atoms with Crippen molar-refractivity contribution in [2.24, 2.45) is 5.92 Å². The molecule has 7 nitrogen and oxygen atoms in total. The van der Waals surface area contributed by atoms with E-state index in [2.05, 4.69) is 10.2 Å². The van der Waals surface area contributed by atoms with Gasteiger partial charge in [0.15, 0.2) is 5.16 Å². The maximum atomic E-state index is 11.9. The Morgan fingerprint density at radius 1 is 1.53 bits per heavy atom. The fraction of sp³-hybridized carbons (Fsp3) is 0.727. The lowest BCUT2D eigenvalue weighted by Crippen LogP contribution is -2.34. The maximum absolute atomic E-state index is 11.9. The number of nitrogens with one attached hydrogen (secondary N) is 1. The summed E-state index contributed by atoms with van der Waals surface area (Å²) in [4.78, 5) is 24.5. The molecule has 0 radical (unpaired) electrons. The van der Waals surface area contributed by atoms with Gasteiger partial charge in [0.25, 0.3) is 0 Å². The molecule has 1 rings (SSSR count). The van der Waals surface area contributed by atoms with Gasteiger partial charge >= 0.3 is 11.7 Å². The number of hydrogen-bond donors (Lipinski definition) is 2. The van der Waals surface area contributed by atoms with E-state index in [4.69, 9.17) is 5.11 Å². The molecule has 0 aromatic carbocycles. The number of carboxylic acid groups (broad SMARTS) is 1. The summed E-state index contributed by atoms with van der Waals surface area (Å²) in [5.41, 5.74) is -0.298. The van der Waals surface area contributed by atoms with Crippen LogP contribution in [0.3, 0.4) is 0 Å². The second-order valence-corrected chi connectivity index (χ2v) is 5.88. The van der Waals surface area contributed by atoms with Crippen molar-refractivity contribution in [2.75, 3.05) is 26.4 Å². The predicted molar refractivity (Wildman–Crippen MR) is 73.6 cm³/mol. The first kappa shape index (κ1) is 15.8. The van der Waals surface area contributed by atoms with Crippen LogP contribution in [0.1, 0.15) is 19.9 Å². The van der Waals surface area contributed by atoms with Crippen molar-refractivity contribution in [1.29, 1.82) is 0 Å². The average molecular weight is 288 g/mol. The van der Waals surface area contributed by atoms with Gasteiger partial charge in [0, 0.05) is 6.54 Å². The van der Waals surface area contributed by atoms with E-state index in [1.807, 2.05) is 32.8 Å². The van der Waals surface area contributed by atoms with E-state index < -0.39 is 5.97 Å². The quantitative estimate of drug-likeness (QED) is 0.710. The van der Waals surface area contributed by atoms with Crippen LogP contribution in [-0.2, 0) is 4.79 Å². The zero-order valence-corrected chi connectivity index (χ0v) is 12.4. The highest BCUT2D eigenvalue weighted by Crippen LogP contribution is 2.22. The molecule has 1 unspecified atom stereocenters. The third kappa shape index (κ3) is 4.39. The number of aliphatic carboxylic acids is 1. The van der Waals surface area contributed by atoms with Crippen LogP contribution >= 0.6 is 11.8 Å². The van der Waals surface area contributed by atoms with Gasteiger partial charge in [0.1, 0.15) is 0 Å². The van der Waals surface area contributed by atoms with Crippen molar-refractivity contribution >= 4 is 17.7 Å². The van der Waals surface area contributed by atoms with Gasteiger partial charge < -0.3 is 10.0 Å². The van der Waals surface area contributed by atoms with Crippen LogP contribution in [0, 0.1) is 5.92 Å². The lowest BCUT2D eigenvalue weighted by Gasteiger charge is -2.25. The predicted octanol–water partition coefficient (Wildman–Crippen LogP) is 0.507. The lowest BCUT2D eigenvalue weighted by atomic mass is 10.0. The van der Waals surface area contributed by atoms with Crippen molar-refractivity contribution in [1.82, 2.24) is 19.7 Å². The maximum Gasteiger partial charge on any atom is 0.344 e. The molecule has 108 valence electrons. The Bertz CT molecular complexity index is 481. The molecule has 0 saturated heterocycles. The first-order chi connectivity index (χ1) is 8.82. The number of H-pyrrole nitrogens is 1. The molecule has 0 aliphatic rings. The number of rotatable bonds is 7. The van der Waals surface area contributed by atoms with E-state index in [0.29, 0.717) is 11.7 Å². The molecule has 0 spiro atoms. The first-order valence-corrected chi connectivity index (χ1v) is 6.97. The molecule has 0 amide bonds. The van der Waals surface area contributed by atoms with E-state index in [-0.39, 0.29) is 23.4 Å². The molecular weight excluding hydrogens is 268 g/mol. The summed E-state index contributed by atoms with van der Waals surface area (Å²) in [6.45, 7) is 4.75. The Balaban J connectivity index is 3.04. The third-order valence-electron chi connectivity index (χ3n) is 2.65. The van der Waals surface area contributed by atoms with Gasteiger partial charge in [-0.15, -0.1) is 5.10 Å². The topological polar surface area (TPSA) is 91.2 Å². The Hall–Kier alpha value is -1.28. The second-order valence-electron chi connectivity index (χ2n) is 4.94. The Kier molecular flexibility index (Phi) is 5.61. The van der Waals surface area contributed by atoms with Crippen LogP contribution in [0.2, 0.25) is 0 Å². The van der Waals surface area contributed by atoms with Gasteiger partial charge in [0.05, 0.1) is 11.8 Å². The summed E-state index contributed by atoms with van der Waals surface area (Å²) < 4.78 is 1.55. The Morgan fingerprint density at radius 2 is 2.16 bits per heavy atom. The van der Waals surface area contributed by atoms with Crippen LogP contribution in [0.5, 0.6) is 0 Å². The molecule has 0 saturated carbocycles. The fourth-order valence-corrected chi connectivity index (χ4v) is 2.50. The highest BCUT2D eigenvalue weighted by molar-refractivity contribution is 7.99. The molecule has 0 bridgehead atoms. The molecule has 8 heteroatoms. The van der Waals surface area contributed by atoms with E-state index in [1.54, 1.807) is 4.57 Å². The largest absolute Gasteiger partial charge is 0.481 e. The molecular formula is C11H20N4O3S. The minimum Gasteiger partial charge on any atom is -0.481 e. The number of thioether (sulfide) groups is 1. The van der Waals surface area contributed by atoms with Crippen molar-refractivity contribution in [3.05, 3.63) is 10.5 Å². The number of aromatic amines is 1. The molecule has 1 aromatic heterocycles. The lowest BCUT2D eigenvalue weighted by molar-refractivity contribution is -0.133. The second kappa shape index (κ2) is 6.76. The summed E-state index contributed by atoms with van der Waals surface area (Å²) in [7, 11) is 3.87. The number of aromatic nitrogens is 3. The monoisotopic (exact) mass is 288 g/mol. The third-order valence-corrected chi connectivity index (χ3v) is 3.59. The summed E-state index contributed by atoms with van der Waals surface area (Å²) in [5.74, 6) is -0.806. The van der Waals surface area contributed by atoms with E-state index in [9.17, 15) is 9.59 Å². The van der Waals surface area contributed by atoms with Gasteiger partial charge in [-0.3, -0.25) is 9.36 Å². The van der Waals surface area contributed by atoms with Gasteiger partial charge in [-0.05, 0) is 20.0 Å². The van der Waals surface area contributed by atoms with Crippen LogP contribution < -0.4 is 5.69 Å². The van der Waals surface area contributed by atoms with Gasteiger partial charge in [-0.1, -0.05) is 25.6 Å². The summed E-state index contributed by atoms with van der Waals surface area (Å²) in [5, 5.41) is 15.4. The summed E-state index contributed by atoms with van der Waals surface area (Å²) >= 11 is 1.05. The minimum absolute atomic E-state index is 0.0439. The van der Waals surface area contributed by atoms with E-state index >= 15 is 0 Å². The minimum atomic E-state index is -0.930. The number of carboxylic acids is 1. The van der Waals surface area contributed by atoms with Gasteiger partial charge in [0.2, 0.25) is 0 Å². The average Bonchev–Trinajstić information content (AvgIpc) is 2.64. The van der Waals surface area contributed by atoms with Crippen LogP contribution in [0.4, 0.5) is 0 Å². The Morgan fingerprint density at radius 3 is 2.63 bits per heavy atom. The van der Waals surface area contributed by atoms with E-state index in [0.717, 1.165) is 11.8 Å². The highest BCUT2D eigenvalue weighted by atomic mass is 32.2. The van der Waals surface area contributed by atoms with Crippen molar-refractivity contribution in [3.8, 4) is 0 Å². The highest BCUT2D eigenvalue weighted by Gasteiger charge is 2.23. The zero-order valence-electron chi connectivity index (χ0n) is 11.6. The van der Waals surface area contributed by atoms with Gasteiger partial charge in [-0.25, -0.2) is 9.89 Å². The van der Waals surface area contributed by atoms with Crippen LogP contribution in [-0.4, -0.2) is 57.1 Å². The SMILES string of the molecule is CC(C)C(CN(C)C)n1c(SCC(=O)O)n[nH]c1=O. The van der Waals surface area contributed by atoms with E-state index in [1.165, 1.54) is 0 Å². The molecule has 0 aliphatic carbocycles. The number of carbonyl (C=O) groups is 1. The summed E-state index contributed by atoms with van der Waals surface area (Å²) in [6.07, 6.45) is 0. The zero-order chi connectivity index (χ0) is 14.6. The van der Waals surface area contributed by atoms with Gasteiger partial charge in [-0.2, -0.15) is 0 Å². The molecule has 0 fully saturated rings. The van der Waals surface area contributed by atoms with Crippen LogP contribution in [0.25, 0.3) is 0 Å². The van der Waals surface area contributed by atoms with Crippen molar-refractivity contribution < 1.29 is 9.90 Å². The van der Waals surface area contributed by atoms with Crippen molar-refractivity contribution in [3.63, 3.8) is 0 Å². The standard InChI is InChI=1S/C11H20N4O3S/c1-7(2)8(5-14(3)4)15-10(18)12-13-11(15)19-6-9(16)17/h7-8H,5-6H2,1-4H3,(H,12,18)(H,16,17). The molecule has 0 aliphatic heterocycles. The number of nitrogens with zero attached hydrogens (tertiary/aromatic N) is 3. The fourth-order valence-electron chi connectivity index (χ4n) is 1.78.